The zero-order valence-electron chi connectivity index (χ0n) is 13.5. The first-order valence-corrected chi connectivity index (χ1v) is 7.31. The molecule has 0 aromatic carbocycles. The summed E-state index contributed by atoms with van der Waals surface area (Å²) in [6.07, 6.45) is 2.40. The van der Waals surface area contributed by atoms with E-state index in [1.165, 1.54) is 0 Å². The first-order chi connectivity index (χ1) is 8.84. The number of carbonyl (C=O) groups is 2. The molecule has 2 atom stereocenters. The van der Waals surface area contributed by atoms with Crippen molar-refractivity contribution in [1.82, 2.24) is 0 Å². The molecule has 0 bridgehead atoms. The second kappa shape index (κ2) is 4.74. The maximum Gasteiger partial charge on any atom is 0.311 e. The molecule has 4 nitrogen and oxygen atoms in total. The summed E-state index contributed by atoms with van der Waals surface area (Å²) >= 11 is 0. The van der Waals surface area contributed by atoms with Gasteiger partial charge in [0, 0.05) is 0 Å². The summed E-state index contributed by atoms with van der Waals surface area (Å²) in [5, 5.41) is 20.0. The van der Waals surface area contributed by atoms with Gasteiger partial charge in [0.2, 0.25) is 0 Å². The van der Waals surface area contributed by atoms with Crippen LogP contribution in [-0.2, 0) is 9.59 Å². The average Bonchev–Trinajstić information content (AvgIpc) is 2.24. The molecular weight excluding hydrogens is 256 g/mol. The van der Waals surface area contributed by atoms with Crippen LogP contribution in [-0.4, -0.2) is 22.2 Å². The van der Waals surface area contributed by atoms with Crippen molar-refractivity contribution in [1.29, 1.82) is 0 Å². The molecule has 4 heteroatoms. The van der Waals surface area contributed by atoms with Gasteiger partial charge in [-0.2, -0.15) is 0 Å². The van der Waals surface area contributed by atoms with Gasteiger partial charge in [-0.05, 0) is 23.7 Å². The molecule has 0 amide bonds. The summed E-state index contributed by atoms with van der Waals surface area (Å²) in [5.74, 6) is -1.94. The molecule has 0 saturated heterocycles. The normalized spacial score (nSPS) is 31.9. The van der Waals surface area contributed by atoms with Crippen molar-refractivity contribution in [3.05, 3.63) is 0 Å². The first kappa shape index (κ1) is 17.0. The fourth-order valence-electron chi connectivity index (χ4n) is 4.46. The SMILES string of the molecule is CC(C)(C)C1(C(=O)O)CCCCC1(C(=O)O)C(C)(C)C. The van der Waals surface area contributed by atoms with E-state index in [0.717, 1.165) is 12.8 Å². The summed E-state index contributed by atoms with van der Waals surface area (Å²) in [7, 11) is 0. The van der Waals surface area contributed by atoms with Crippen LogP contribution in [0.15, 0.2) is 0 Å². The molecule has 1 saturated carbocycles. The fraction of sp³-hybridized carbons (Fsp3) is 0.875. The lowest BCUT2D eigenvalue weighted by Gasteiger charge is -2.60. The van der Waals surface area contributed by atoms with Gasteiger partial charge >= 0.3 is 11.9 Å². The van der Waals surface area contributed by atoms with E-state index in [0.29, 0.717) is 12.8 Å². The van der Waals surface area contributed by atoms with Gasteiger partial charge in [0.25, 0.3) is 0 Å². The van der Waals surface area contributed by atoms with Crippen molar-refractivity contribution in [3.63, 3.8) is 0 Å². The minimum atomic E-state index is -1.25. The fourth-order valence-corrected chi connectivity index (χ4v) is 4.46. The highest BCUT2D eigenvalue weighted by Crippen LogP contribution is 2.66. The lowest BCUT2D eigenvalue weighted by atomic mass is 9.40. The van der Waals surface area contributed by atoms with Gasteiger partial charge in [0.1, 0.15) is 0 Å². The average molecular weight is 284 g/mol. The van der Waals surface area contributed by atoms with Crippen LogP contribution in [0.2, 0.25) is 0 Å². The van der Waals surface area contributed by atoms with Crippen LogP contribution in [0.3, 0.4) is 0 Å². The molecule has 0 aliphatic heterocycles. The van der Waals surface area contributed by atoms with Gasteiger partial charge in [-0.1, -0.05) is 54.4 Å². The van der Waals surface area contributed by atoms with Crippen molar-refractivity contribution in [3.8, 4) is 0 Å². The molecule has 20 heavy (non-hydrogen) atoms. The third-order valence-corrected chi connectivity index (χ3v) is 5.37. The number of carboxylic acid groups (broad SMARTS) is 2. The molecule has 0 spiro atoms. The molecule has 116 valence electrons. The Morgan fingerprint density at radius 1 is 0.750 bits per heavy atom. The third kappa shape index (κ3) is 1.95. The Labute approximate surface area is 121 Å². The molecule has 1 aliphatic carbocycles. The van der Waals surface area contributed by atoms with E-state index >= 15 is 0 Å². The van der Waals surface area contributed by atoms with Crippen LogP contribution in [0.25, 0.3) is 0 Å². The zero-order chi connectivity index (χ0) is 16.0. The zero-order valence-corrected chi connectivity index (χ0v) is 13.5. The van der Waals surface area contributed by atoms with Crippen molar-refractivity contribution < 1.29 is 19.8 Å². The summed E-state index contributed by atoms with van der Waals surface area (Å²) in [5.41, 5.74) is -3.74. The molecule has 1 aliphatic rings. The standard InChI is InChI=1S/C16H28O4/c1-13(2,3)15(11(17)18)9-7-8-10-16(15,12(19)20)14(4,5)6/h7-10H2,1-6H3,(H,17,18)(H,19,20). The van der Waals surface area contributed by atoms with Gasteiger partial charge in [0.05, 0.1) is 10.8 Å². The Kier molecular flexibility index (Phi) is 4.03. The van der Waals surface area contributed by atoms with Gasteiger partial charge < -0.3 is 10.2 Å². The minimum absolute atomic E-state index is 0.426. The van der Waals surface area contributed by atoms with E-state index in [-0.39, 0.29) is 0 Å². The van der Waals surface area contributed by atoms with Crippen molar-refractivity contribution in [2.24, 2.45) is 21.7 Å². The Balaban J connectivity index is 3.76. The van der Waals surface area contributed by atoms with Crippen LogP contribution in [0, 0.1) is 21.7 Å². The predicted molar refractivity (Wildman–Crippen MR) is 77.5 cm³/mol. The number of hydrogen-bond donors (Lipinski definition) is 2. The lowest BCUT2D eigenvalue weighted by Crippen LogP contribution is -2.65. The first-order valence-electron chi connectivity index (χ1n) is 7.31. The Morgan fingerprint density at radius 2 is 1.00 bits per heavy atom. The van der Waals surface area contributed by atoms with Crippen LogP contribution >= 0.6 is 0 Å². The van der Waals surface area contributed by atoms with E-state index < -0.39 is 33.6 Å². The van der Waals surface area contributed by atoms with Crippen LogP contribution in [0.4, 0.5) is 0 Å². The topological polar surface area (TPSA) is 74.6 Å². The highest BCUT2D eigenvalue weighted by Gasteiger charge is 2.70. The molecule has 0 radical (unpaired) electrons. The van der Waals surface area contributed by atoms with Gasteiger partial charge in [0.15, 0.2) is 0 Å². The van der Waals surface area contributed by atoms with Gasteiger partial charge in [-0.3, -0.25) is 9.59 Å². The van der Waals surface area contributed by atoms with Gasteiger partial charge in [-0.15, -0.1) is 0 Å². The van der Waals surface area contributed by atoms with E-state index in [1.807, 2.05) is 41.5 Å². The van der Waals surface area contributed by atoms with E-state index in [9.17, 15) is 19.8 Å². The molecular formula is C16H28O4. The largest absolute Gasteiger partial charge is 0.481 e. The minimum Gasteiger partial charge on any atom is -0.481 e. The second-order valence-electron chi connectivity index (χ2n) is 8.13. The summed E-state index contributed by atoms with van der Waals surface area (Å²) < 4.78 is 0. The highest BCUT2D eigenvalue weighted by atomic mass is 16.4. The lowest BCUT2D eigenvalue weighted by molar-refractivity contribution is -0.212. The number of rotatable bonds is 2. The molecule has 0 aromatic heterocycles. The Bertz CT molecular complexity index is 373. The van der Waals surface area contributed by atoms with Crippen molar-refractivity contribution >= 4 is 11.9 Å². The Hall–Kier alpha value is -1.06. The van der Waals surface area contributed by atoms with Crippen LogP contribution in [0.5, 0.6) is 0 Å². The highest BCUT2D eigenvalue weighted by molar-refractivity contribution is 5.88. The maximum atomic E-state index is 12.2. The molecule has 1 rings (SSSR count). The van der Waals surface area contributed by atoms with Crippen molar-refractivity contribution in [2.45, 2.75) is 67.2 Å². The number of hydrogen-bond acceptors (Lipinski definition) is 2. The second-order valence-corrected chi connectivity index (χ2v) is 8.13. The molecule has 0 aromatic rings. The molecule has 1 fully saturated rings. The Morgan fingerprint density at radius 3 is 1.15 bits per heavy atom. The maximum absolute atomic E-state index is 12.2. The molecule has 0 heterocycles. The van der Waals surface area contributed by atoms with Crippen LogP contribution < -0.4 is 0 Å². The van der Waals surface area contributed by atoms with E-state index in [4.69, 9.17) is 0 Å². The monoisotopic (exact) mass is 284 g/mol. The van der Waals surface area contributed by atoms with Crippen LogP contribution in [0.1, 0.15) is 67.2 Å². The van der Waals surface area contributed by atoms with E-state index in [1.54, 1.807) is 0 Å². The van der Waals surface area contributed by atoms with Gasteiger partial charge in [-0.25, -0.2) is 0 Å². The summed E-state index contributed by atoms with van der Waals surface area (Å²) in [6, 6.07) is 0. The summed E-state index contributed by atoms with van der Waals surface area (Å²) in [6.45, 7) is 11.1. The molecule has 2 N–H and O–H groups in total. The summed E-state index contributed by atoms with van der Waals surface area (Å²) in [4.78, 5) is 24.5. The number of carboxylic acids is 2. The number of aliphatic carboxylic acids is 2. The molecule has 2 unspecified atom stereocenters. The smallest absolute Gasteiger partial charge is 0.311 e. The quantitative estimate of drug-likeness (QED) is 0.809. The van der Waals surface area contributed by atoms with E-state index in [2.05, 4.69) is 0 Å². The third-order valence-electron chi connectivity index (χ3n) is 5.37. The van der Waals surface area contributed by atoms with Crippen molar-refractivity contribution in [2.75, 3.05) is 0 Å². The predicted octanol–water partition coefficient (Wildman–Crippen LogP) is 3.79.